The molecule has 0 amide bonds. The number of anilines is 1. The van der Waals surface area contributed by atoms with Crippen LogP contribution in [0.25, 0.3) is 11.0 Å². The third kappa shape index (κ3) is 2.95. The molecular formula is C17H20BrN3. The number of aryl methyl sites for hydroxylation is 1. The third-order valence-electron chi connectivity index (χ3n) is 3.65. The van der Waals surface area contributed by atoms with E-state index in [9.17, 15) is 0 Å². The normalized spacial score (nSPS) is 10.5. The summed E-state index contributed by atoms with van der Waals surface area (Å²) in [5.41, 5.74) is 10.1. The molecule has 21 heavy (non-hydrogen) atoms. The Morgan fingerprint density at radius 1 is 1.00 bits per heavy atom. The highest BCUT2D eigenvalue weighted by Crippen LogP contribution is 2.17. The van der Waals surface area contributed by atoms with Gasteiger partial charge in [0, 0.05) is 0 Å². The number of nitrogens with zero attached hydrogens (tertiary/aromatic N) is 2. The molecule has 0 spiro atoms. The minimum Gasteiger partial charge on any atom is -1.00 e. The van der Waals surface area contributed by atoms with Gasteiger partial charge in [0.15, 0.2) is 0 Å². The first-order valence-corrected chi connectivity index (χ1v) is 7.11. The molecular weight excluding hydrogens is 326 g/mol. The Kier molecular flexibility index (Phi) is 5.02. The van der Waals surface area contributed by atoms with Gasteiger partial charge in [0.25, 0.3) is 0 Å². The van der Waals surface area contributed by atoms with Crippen molar-refractivity contribution in [3.05, 3.63) is 60.2 Å². The fourth-order valence-electron chi connectivity index (χ4n) is 2.70. The Balaban J connectivity index is 0.00000161. The molecule has 0 saturated heterocycles. The number of rotatable bonds is 4. The van der Waals surface area contributed by atoms with Gasteiger partial charge in [-0.2, -0.15) is 0 Å². The maximum atomic E-state index is 6.38. The molecule has 4 heteroatoms. The van der Waals surface area contributed by atoms with Gasteiger partial charge in [-0.25, -0.2) is 9.13 Å². The van der Waals surface area contributed by atoms with Gasteiger partial charge in [0.2, 0.25) is 0 Å². The van der Waals surface area contributed by atoms with Crippen LogP contribution in [-0.4, -0.2) is 4.57 Å². The number of nitrogen functional groups attached to an aromatic ring is 1. The number of aromatic nitrogens is 2. The molecule has 0 saturated carbocycles. The number of para-hydroxylation sites is 2. The molecule has 0 unspecified atom stereocenters. The SMILES string of the molecule is CCCn1c(N)[n+](Cc2ccccc2)c2ccccc21.[Br-]. The standard InChI is InChI=1S/C17H19N3.BrH/c1-2-12-19-15-10-6-7-11-16(15)20(17(19)18)13-14-8-4-3-5-9-14;/h3-11,18H,2,12-13H2,1H3;1H. The molecule has 110 valence electrons. The first kappa shape index (κ1) is 15.6. The van der Waals surface area contributed by atoms with Crippen molar-refractivity contribution >= 4 is 17.0 Å². The van der Waals surface area contributed by atoms with Gasteiger partial charge >= 0.3 is 5.95 Å². The van der Waals surface area contributed by atoms with Gasteiger partial charge in [-0.05, 0) is 24.1 Å². The summed E-state index contributed by atoms with van der Waals surface area (Å²) in [5, 5.41) is 0. The minimum atomic E-state index is 0. The van der Waals surface area contributed by atoms with Crippen molar-refractivity contribution in [1.82, 2.24) is 4.57 Å². The number of hydrogen-bond acceptors (Lipinski definition) is 1. The lowest BCUT2D eigenvalue weighted by Gasteiger charge is -2.02. The zero-order valence-electron chi connectivity index (χ0n) is 12.2. The summed E-state index contributed by atoms with van der Waals surface area (Å²) >= 11 is 0. The van der Waals surface area contributed by atoms with Crippen molar-refractivity contribution in [3.63, 3.8) is 0 Å². The van der Waals surface area contributed by atoms with E-state index in [1.54, 1.807) is 0 Å². The van der Waals surface area contributed by atoms with Gasteiger partial charge in [-0.3, -0.25) is 5.73 Å². The maximum Gasteiger partial charge on any atom is 0.356 e. The lowest BCUT2D eigenvalue weighted by molar-refractivity contribution is -0.648. The molecule has 0 aliphatic rings. The summed E-state index contributed by atoms with van der Waals surface area (Å²) in [5.74, 6) is 0.830. The van der Waals surface area contributed by atoms with Crippen molar-refractivity contribution in [3.8, 4) is 0 Å². The molecule has 0 radical (unpaired) electrons. The van der Waals surface area contributed by atoms with E-state index in [1.807, 2.05) is 6.07 Å². The van der Waals surface area contributed by atoms with Gasteiger partial charge in [-0.1, -0.05) is 49.4 Å². The molecule has 1 heterocycles. The fourth-order valence-corrected chi connectivity index (χ4v) is 2.70. The number of fused-ring (bicyclic) bond motifs is 1. The summed E-state index contributed by atoms with van der Waals surface area (Å²) in [6.07, 6.45) is 1.08. The van der Waals surface area contributed by atoms with Gasteiger partial charge < -0.3 is 17.0 Å². The molecule has 3 aromatic rings. The van der Waals surface area contributed by atoms with Crippen LogP contribution in [0.1, 0.15) is 18.9 Å². The topological polar surface area (TPSA) is 34.8 Å². The summed E-state index contributed by atoms with van der Waals surface area (Å²) in [6, 6.07) is 18.9. The Bertz CT molecular complexity index is 719. The van der Waals surface area contributed by atoms with Crippen LogP contribution in [-0.2, 0) is 13.1 Å². The molecule has 0 bridgehead atoms. The van der Waals surface area contributed by atoms with Crippen LogP contribution in [0.15, 0.2) is 54.6 Å². The predicted octanol–water partition coefficient (Wildman–Crippen LogP) is -0.0267. The molecule has 2 N–H and O–H groups in total. The van der Waals surface area contributed by atoms with Crippen LogP contribution in [0.3, 0.4) is 0 Å². The number of nitrogens with two attached hydrogens (primary N) is 1. The number of benzene rings is 2. The highest BCUT2D eigenvalue weighted by Gasteiger charge is 2.19. The number of hydrogen-bond donors (Lipinski definition) is 1. The zero-order valence-corrected chi connectivity index (χ0v) is 13.8. The summed E-state index contributed by atoms with van der Waals surface area (Å²) in [6.45, 7) is 3.94. The smallest absolute Gasteiger partial charge is 0.356 e. The van der Waals surface area contributed by atoms with Crippen LogP contribution in [0.4, 0.5) is 5.95 Å². The molecule has 0 aliphatic heterocycles. The summed E-state index contributed by atoms with van der Waals surface area (Å²) in [7, 11) is 0. The van der Waals surface area contributed by atoms with Crippen molar-refractivity contribution in [2.45, 2.75) is 26.4 Å². The highest BCUT2D eigenvalue weighted by molar-refractivity contribution is 5.73. The Morgan fingerprint density at radius 2 is 1.67 bits per heavy atom. The Labute approximate surface area is 135 Å². The van der Waals surface area contributed by atoms with Gasteiger partial charge in [0.05, 0.1) is 13.1 Å². The summed E-state index contributed by atoms with van der Waals surface area (Å²) in [4.78, 5) is 0. The predicted molar refractivity (Wildman–Crippen MR) is 82.4 cm³/mol. The molecule has 0 aliphatic carbocycles. The van der Waals surface area contributed by atoms with E-state index >= 15 is 0 Å². The molecule has 3 rings (SSSR count). The van der Waals surface area contributed by atoms with E-state index in [4.69, 9.17) is 5.73 Å². The maximum absolute atomic E-state index is 6.38. The lowest BCUT2D eigenvalue weighted by atomic mass is 10.2. The second-order valence-corrected chi connectivity index (χ2v) is 5.07. The number of halogens is 1. The molecule has 0 atom stereocenters. The molecule has 2 aromatic carbocycles. The third-order valence-corrected chi connectivity index (χ3v) is 3.65. The first-order chi connectivity index (χ1) is 9.81. The van der Waals surface area contributed by atoms with Crippen LogP contribution < -0.4 is 27.3 Å². The average Bonchev–Trinajstić information content (AvgIpc) is 2.75. The van der Waals surface area contributed by atoms with Crippen LogP contribution in [0, 0.1) is 0 Å². The largest absolute Gasteiger partial charge is 1.00 e. The van der Waals surface area contributed by atoms with Crippen molar-refractivity contribution in [1.29, 1.82) is 0 Å². The van der Waals surface area contributed by atoms with Crippen LogP contribution >= 0.6 is 0 Å². The van der Waals surface area contributed by atoms with E-state index in [0.29, 0.717) is 0 Å². The van der Waals surface area contributed by atoms with Crippen molar-refractivity contribution < 1.29 is 21.5 Å². The quantitative estimate of drug-likeness (QED) is 0.662. The van der Waals surface area contributed by atoms with Crippen LogP contribution in [0.2, 0.25) is 0 Å². The second-order valence-electron chi connectivity index (χ2n) is 5.07. The van der Waals surface area contributed by atoms with Crippen LogP contribution in [0.5, 0.6) is 0 Å². The fraction of sp³-hybridized carbons (Fsp3) is 0.235. The van der Waals surface area contributed by atoms with E-state index in [-0.39, 0.29) is 17.0 Å². The molecule has 1 aromatic heterocycles. The lowest BCUT2D eigenvalue weighted by Crippen LogP contribution is -3.00. The zero-order chi connectivity index (χ0) is 13.9. The number of imidazole rings is 1. The molecule has 3 nitrogen and oxygen atoms in total. The average molecular weight is 346 g/mol. The first-order valence-electron chi connectivity index (χ1n) is 7.11. The minimum absolute atomic E-state index is 0. The van der Waals surface area contributed by atoms with E-state index in [0.717, 1.165) is 25.5 Å². The summed E-state index contributed by atoms with van der Waals surface area (Å²) < 4.78 is 4.40. The van der Waals surface area contributed by atoms with E-state index in [1.165, 1.54) is 16.6 Å². The highest BCUT2D eigenvalue weighted by atomic mass is 79.9. The van der Waals surface area contributed by atoms with E-state index in [2.05, 4.69) is 64.6 Å². The van der Waals surface area contributed by atoms with Crippen molar-refractivity contribution in [2.75, 3.05) is 5.73 Å². The molecule has 0 fully saturated rings. The Hall–Kier alpha value is -1.81. The van der Waals surface area contributed by atoms with Gasteiger partial charge in [-0.15, -0.1) is 0 Å². The van der Waals surface area contributed by atoms with E-state index < -0.39 is 0 Å². The van der Waals surface area contributed by atoms with Crippen molar-refractivity contribution in [2.24, 2.45) is 0 Å². The van der Waals surface area contributed by atoms with Gasteiger partial charge in [0.1, 0.15) is 11.0 Å². The monoisotopic (exact) mass is 345 g/mol. The Morgan fingerprint density at radius 3 is 2.38 bits per heavy atom. The second kappa shape index (κ2) is 6.76.